The molecule has 1 unspecified atom stereocenters. The second kappa shape index (κ2) is 2.77. The van der Waals surface area contributed by atoms with Crippen LogP contribution in [0.3, 0.4) is 0 Å². The summed E-state index contributed by atoms with van der Waals surface area (Å²) in [4.78, 5) is 0. The van der Waals surface area contributed by atoms with Crippen LogP contribution in [0.4, 0.5) is 0 Å². The Hall–Kier alpha value is -0.260. The average Bonchev–Trinajstić information content (AvgIpc) is 2.59. The quantitative estimate of drug-likeness (QED) is 0.518. The van der Waals surface area contributed by atoms with Crippen molar-refractivity contribution in [1.82, 2.24) is 0 Å². The predicted molar refractivity (Wildman–Crippen MR) is 42.5 cm³/mol. The van der Waals surface area contributed by atoms with Gasteiger partial charge in [0, 0.05) is 0 Å². The molecule has 0 N–H and O–H groups in total. The van der Waals surface area contributed by atoms with Crippen molar-refractivity contribution in [2.75, 3.05) is 0 Å². The Kier molecular flexibility index (Phi) is 1.79. The molecule has 0 aromatic carbocycles. The van der Waals surface area contributed by atoms with E-state index in [1.165, 1.54) is 38.5 Å². The van der Waals surface area contributed by atoms with Gasteiger partial charge in [-0.1, -0.05) is 18.9 Å². The van der Waals surface area contributed by atoms with E-state index >= 15 is 0 Å². The summed E-state index contributed by atoms with van der Waals surface area (Å²) in [7, 11) is 0. The molecule has 0 bridgehead atoms. The first-order valence-electron chi connectivity index (χ1n) is 4.54. The number of hydrogen-bond donors (Lipinski definition) is 0. The highest BCUT2D eigenvalue weighted by Crippen LogP contribution is 2.36. The molecular formula is C10H15. The van der Waals surface area contributed by atoms with Gasteiger partial charge in [0.2, 0.25) is 0 Å². The lowest BCUT2D eigenvalue weighted by Crippen LogP contribution is -2.05. The van der Waals surface area contributed by atoms with Crippen molar-refractivity contribution >= 4 is 0 Å². The molecule has 0 aromatic rings. The van der Waals surface area contributed by atoms with Crippen molar-refractivity contribution < 1.29 is 0 Å². The maximum Gasteiger partial charge on any atom is -0.0131 e. The van der Waals surface area contributed by atoms with Crippen molar-refractivity contribution in [2.45, 2.75) is 38.5 Å². The van der Waals surface area contributed by atoms with Gasteiger partial charge in [0.1, 0.15) is 0 Å². The molecule has 0 saturated heterocycles. The molecule has 0 heteroatoms. The topological polar surface area (TPSA) is 0 Å². The lowest BCUT2D eigenvalue weighted by Gasteiger charge is -2.14. The van der Waals surface area contributed by atoms with E-state index in [2.05, 4.69) is 12.2 Å². The van der Waals surface area contributed by atoms with Crippen molar-refractivity contribution in [3.63, 3.8) is 0 Å². The van der Waals surface area contributed by atoms with E-state index in [1.54, 1.807) is 0 Å². The zero-order valence-corrected chi connectivity index (χ0v) is 6.47. The van der Waals surface area contributed by atoms with Gasteiger partial charge in [-0.2, -0.15) is 0 Å². The molecule has 2 rings (SSSR count). The summed E-state index contributed by atoms with van der Waals surface area (Å²) in [5.41, 5.74) is 0. The van der Waals surface area contributed by atoms with Crippen molar-refractivity contribution in [3.05, 3.63) is 12.2 Å². The number of rotatable bonds is 1. The van der Waals surface area contributed by atoms with Crippen LogP contribution in [0, 0.1) is 17.9 Å². The highest BCUT2D eigenvalue weighted by Gasteiger charge is 2.24. The third-order valence-electron chi connectivity index (χ3n) is 2.92. The van der Waals surface area contributed by atoms with Crippen molar-refractivity contribution in [1.29, 1.82) is 0 Å². The lowest BCUT2D eigenvalue weighted by atomic mass is 9.91. The molecular weight excluding hydrogens is 120 g/mol. The van der Waals surface area contributed by atoms with Gasteiger partial charge < -0.3 is 0 Å². The minimum Gasteiger partial charge on any atom is -0.0807 e. The smallest absolute Gasteiger partial charge is 0.0131 e. The van der Waals surface area contributed by atoms with Crippen LogP contribution >= 0.6 is 0 Å². The summed E-state index contributed by atoms with van der Waals surface area (Å²) in [5.74, 6) is 1.86. The zero-order chi connectivity index (χ0) is 6.81. The molecule has 0 aromatic heterocycles. The second-order valence-electron chi connectivity index (χ2n) is 3.60. The fourth-order valence-electron chi connectivity index (χ4n) is 2.31. The van der Waals surface area contributed by atoms with Gasteiger partial charge in [-0.25, -0.2) is 0 Å². The highest BCUT2D eigenvalue weighted by atomic mass is 14.3. The first-order chi connectivity index (χ1) is 4.97. The van der Waals surface area contributed by atoms with Gasteiger partial charge in [0.15, 0.2) is 0 Å². The Balaban J connectivity index is 1.91. The molecule has 10 heavy (non-hydrogen) atoms. The van der Waals surface area contributed by atoms with E-state index < -0.39 is 0 Å². The first kappa shape index (κ1) is 6.45. The minimum atomic E-state index is 0.850. The van der Waals surface area contributed by atoms with Gasteiger partial charge in [0.05, 0.1) is 0 Å². The van der Waals surface area contributed by atoms with E-state index in [0.29, 0.717) is 0 Å². The van der Waals surface area contributed by atoms with Crippen LogP contribution in [0.15, 0.2) is 6.08 Å². The molecule has 0 amide bonds. The van der Waals surface area contributed by atoms with E-state index in [1.807, 2.05) is 0 Å². The second-order valence-corrected chi connectivity index (χ2v) is 3.60. The Bertz CT molecular complexity index is 129. The van der Waals surface area contributed by atoms with Crippen LogP contribution in [-0.2, 0) is 0 Å². The van der Waals surface area contributed by atoms with Gasteiger partial charge >= 0.3 is 0 Å². The Morgan fingerprint density at radius 3 is 2.50 bits per heavy atom. The molecule has 1 fully saturated rings. The van der Waals surface area contributed by atoms with Crippen molar-refractivity contribution in [2.24, 2.45) is 11.8 Å². The van der Waals surface area contributed by atoms with Crippen LogP contribution in [0.2, 0.25) is 0 Å². The normalized spacial score (nSPS) is 33.8. The number of hydrogen-bond acceptors (Lipinski definition) is 0. The molecule has 55 valence electrons. The molecule has 1 saturated carbocycles. The molecule has 0 nitrogen and oxygen atoms in total. The SMILES string of the molecule is [C]1=CCCC1C1CCCC1. The fourth-order valence-corrected chi connectivity index (χ4v) is 2.31. The summed E-state index contributed by atoms with van der Waals surface area (Å²) in [6.45, 7) is 0. The summed E-state index contributed by atoms with van der Waals surface area (Å²) >= 11 is 0. The Morgan fingerprint density at radius 1 is 1.10 bits per heavy atom. The highest BCUT2D eigenvalue weighted by molar-refractivity contribution is 4.93. The largest absolute Gasteiger partial charge is 0.0807 e. The maximum atomic E-state index is 3.47. The maximum absolute atomic E-state index is 3.47. The van der Waals surface area contributed by atoms with Crippen LogP contribution in [0.25, 0.3) is 0 Å². The lowest BCUT2D eigenvalue weighted by molar-refractivity contribution is 0.392. The molecule has 0 aliphatic heterocycles. The van der Waals surface area contributed by atoms with Gasteiger partial charge in [-0.3, -0.25) is 0 Å². The molecule has 1 radical (unpaired) electrons. The predicted octanol–water partition coefficient (Wildman–Crippen LogP) is 2.95. The third kappa shape index (κ3) is 1.12. The molecule has 0 heterocycles. The van der Waals surface area contributed by atoms with E-state index in [0.717, 1.165) is 11.8 Å². The summed E-state index contributed by atoms with van der Waals surface area (Å²) in [6.07, 6.45) is 14.3. The monoisotopic (exact) mass is 135 g/mol. The van der Waals surface area contributed by atoms with Crippen LogP contribution < -0.4 is 0 Å². The van der Waals surface area contributed by atoms with Crippen LogP contribution in [0.1, 0.15) is 38.5 Å². The Morgan fingerprint density at radius 2 is 1.90 bits per heavy atom. The van der Waals surface area contributed by atoms with Gasteiger partial charge in [-0.15, -0.1) is 0 Å². The summed E-state index contributed by atoms with van der Waals surface area (Å²) < 4.78 is 0. The van der Waals surface area contributed by atoms with Gasteiger partial charge in [-0.05, 0) is 43.6 Å². The third-order valence-corrected chi connectivity index (χ3v) is 2.92. The van der Waals surface area contributed by atoms with E-state index in [4.69, 9.17) is 0 Å². The fraction of sp³-hybridized carbons (Fsp3) is 0.800. The molecule has 2 aliphatic carbocycles. The van der Waals surface area contributed by atoms with E-state index in [9.17, 15) is 0 Å². The first-order valence-corrected chi connectivity index (χ1v) is 4.54. The standard InChI is InChI=1S/C10H15/c1-2-6-9(5-1)10-7-3-4-8-10/h1,9-10H,2-4,6-8H2. The van der Waals surface area contributed by atoms with Crippen LogP contribution in [-0.4, -0.2) is 0 Å². The average molecular weight is 135 g/mol. The summed E-state index contributed by atoms with van der Waals surface area (Å²) in [5, 5.41) is 0. The molecule has 2 aliphatic rings. The van der Waals surface area contributed by atoms with Crippen LogP contribution in [0.5, 0.6) is 0 Å². The summed E-state index contributed by atoms with van der Waals surface area (Å²) in [6, 6.07) is 0. The van der Waals surface area contributed by atoms with E-state index in [-0.39, 0.29) is 0 Å². The van der Waals surface area contributed by atoms with Crippen molar-refractivity contribution in [3.8, 4) is 0 Å². The molecule has 1 atom stereocenters. The number of allylic oxidation sites excluding steroid dienone is 2. The molecule has 0 spiro atoms. The zero-order valence-electron chi connectivity index (χ0n) is 6.47. The Labute approximate surface area is 63.3 Å². The van der Waals surface area contributed by atoms with Gasteiger partial charge in [0.25, 0.3) is 0 Å². The minimum absolute atomic E-state index is 0.850.